The summed E-state index contributed by atoms with van der Waals surface area (Å²) in [6.45, 7) is 5.87. The Labute approximate surface area is 94.0 Å². The highest BCUT2D eigenvalue weighted by molar-refractivity contribution is 9.10. The van der Waals surface area contributed by atoms with Crippen molar-refractivity contribution in [2.45, 2.75) is 13.8 Å². The lowest BCUT2D eigenvalue weighted by molar-refractivity contribution is 0.405. The van der Waals surface area contributed by atoms with Crippen LogP contribution in [0, 0.1) is 5.41 Å². The Morgan fingerprint density at radius 2 is 2.00 bits per heavy atom. The number of anilines is 1. The molecule has 0 saturated carbocycles. The van der Waals surface area contributed by atoms with Gasteiger partial charge in [0, 0.05) is 16.7 Å². The van der Waals surface area contributed by atoms with Crippen molar-refractivity contribution in [1.82, 2.24) is 0 Å². The third-order valence-electron chi connectivity index (χ3n) is 2.18. The van der Waals surface area contributed by atoms with Crippen molar-refractivity contribution in [2.75, 3.05) is 18.4 Å². The van der Waals surface area contributed by atoms with Gasteiger partial charge in [-0.05, 0) is 40.0 Å². The molecular formula is C11H17BrN2. The molecule has 1 aromatic carbocycles. The maximum atomic E-state index is 5.66. The molecule has 1 rings (SSSR count). The third kappa shape index (κ3) is 3.31. The van der Waals surface area contributed by atoms with E-state index in [-0.39, 0.29) is 5.41 Å². The summed E-state index contributed by atoms with van der Waals surface area (Å²) < 4.78 is 1.09. The quantitative estimate of drug-likeness (QED) is 0.870. The minimum Gasteiger partial charge on any atom is -0.384 e. The molecular weight excluding hydrogens is 240 g/mol. The van der Waals surface area contributed by atoms with Crippen LogP contribution in [0.1, 0.15) is 13.8 Å². The van der Waals surface area contributed by atoms with Crippen molar-refractivity contribution in [3.05, 3.63) is 28.7 Å². The van der Waals surface area contributed by atoms with Crippen LogP contribution >= 0.6 is 15.9 Å². The van der Waals surface area contributed by atoms with E-state index < -0.39 is 0 Å². The number of nitrogens with two attached hydrogens (primary N) is 1. The lowest BCUT2D eigenvalue weighted by Crippen LogP contribution is -2.31. The van der Waals surface area contributed by atoms with Gasteiger partial charge in [-0.25, -0.2) is 0 Å². The molecule has 0 aliphatic carbocycles. The maximum absolute atomic E-state index is 5.66. The van der Waals surface area contributed by atoms with Crippen LogP contribution in [0.3, 0.4) is 0 Å². The van der Waals surface area contributed by atoms with Crippen LogP contribution in [0.2, 0.25) is 0 Å². The van der Waals surface area contributed by atoms with Crippen LogP contribution in [0.4, 0.5) is 5.69 Å². The average molecular weight is 257 g/mol. The van der Waals surface area contributed by atoms with E-state index in [1.54, 1.807) is 0 Å². The first-order valence-corrected chi connectivity index (χ1v) is 5.53. The number of halogens is 1. The van der Waals surface area contributed by atoms with Gasteiger partial charge in [-0.1, -0.05) is 26.0 Å². The fraction of sp³-hybridized carbons (Fsp3) is 0.455. The molecule has 0 atom stereocenters. The van der Waals surface area contributed by atoms with Gasteiger partial charge in [0.05, 0.1) is 0 Å². The first-order valence-electron chi connectivity index (χ1n) is 4.74. The Balaban J connectivity index is 2.58. The minimum atomic E-state index is 0.134. The number of benzene rings is 1. The van der Waals surface area contributed by atoms with Crippen LogP contribution in [-0.2, 0) is 0 Å². The van der Waals surface area contributed by atoms with Crippen LogP contribution in [0.5, 0.6) is 0 Å². The van der Waals surface area contributed by atoms with E-state index in [0.29, 0.717) is 6.54 Å². The zero-order valence-corrected chi connectivity index (χ0v) is 10.3. The molecule has 14 heavy (non-hydrogen) atoms. The van der Waals surface area contributed by atoms with Gasteiger partial charge in [-0.3, -0.25) is 0 Å². The predicted molar refractivity (Wildman–Crippen MR) is 65.5 cm³/mol. The largest absolute Gasteiger partial charge is 0.384 e. The summed E-state index contributed by atoms with van der Waals surface area (Å²) >= 11 is 3.49. The molecule has 2 nitrogen and oxygen atoms in total. The predicted octanol–water partition coefficient (Wildman–Crippen LogP) is 2.85. The van der Waals surface area contributed by atoms with Crippen molar-refractivity contribution in [2.24, 2.45) is 11.1 Å². The van der Waals surface area contributed by atoms with E-state index in [0.717, 1.165) is 16.7 Å². The number of para-hydroxylation sites is 1. The normalized spacial score (nSPS) is 11.4. The number of hydrogen-bond acceptors (Lipinski definition) is 2. The van der Waals surface area contributed by atoms with Gasteiger partial charge in [-0.15, -0.1) is 0 Å². The second kappa shape index (κ2) is 4.80. The summed E-state index contributed by atoms with van der Waals surface area (Å²) in [6, 6.07) is 8.10. The molecule has 0 saturated heterocycles. The molecule has 0 aliphatic heterocycles. The number of nitrogens with one attached hydrogen (secondary N) is 1. The molecule has 0 heterocycles. The molecule has 0 radical (unpaired) electrons. The van der Waals surface area contributed by atoms with Gasteiger partial charge in [0.1, 0.15) is 0 Å². The molecule has 0 aromatic heterocycles. The van der Waals surface area contributed by atoms with Gasteiger partial charge in [-0.2, -0.15) is 0 Å². The van der Waals surface area contributed by atoms with E-state index in [1.807, 2.05) is 18.2 Å². The van der Waals surface area contributed by atoms with E-state index in [1.165, 1.54) is 0 Å². The highest BCUT2D eigenvalue weighted by atomic mass is 79.9. The molecule has 0 aliphatic rings. The van der Waals surface area contributed by atoms with Crippen molar-refractivity contribution in [3.63, 3.8) is 0 Å². The molecule has 0 fully saturated rings. The molecule has 0 unspecified atom stereocenters. The van der Waals surface area contributed by atoms with Gasteiger partial charge in [0.15, 0.2) is 0 Å². The molecule has 0 amide bonds. The number of hydrogen-bond donors (Lipinski definition) is 2. The molecule has 0 spiro atoms. The first-order chi connectivity index (χ1) is 6.55. The van der Waals surface area contributed by atoms with E-state index in [4.69, 9.17) is 5.73 Å². The third-order valence-corrected chi connectivity index (χ3v) is 2.88. The fourth-order valence-corrected chi connectivity index (χ4v) is 1.44. The zero-order valence-electron chi connectivity index (χ0n) is 8.68. The molecule has 0 bridgehead atoms. The lowest BCUT2D eigenvalue weighted by atomic mass is 9.94. The Morgan fingerprint density at radius 1 is 1.36 bits per heavy atom. The van der Waals surface area contributed by atoms with Crippen LogP contribution in [0.25, 0.3) is 0 Å². The zero-order chi connectivity index (χ0) is 10.6. The summed E-state index contributed by atoms with van der Waals surface area (Å²) in [5.74, 6) is 0. The minimum absolute atomic E-state index is 0.134. The Bertz CT molecular complexity index is 297. The SMILES string of the molecule is CC(C)(CN)CNc1ccccc1Br. The Morgan fingerprint density at radius 3 is 2.57 bits per heavy atom. The van der Waals surface area contributed by atoms with Crippen LogP contribution < -0.4 is 11.1 Å². The summed E-state index contributed by atoms with van der Waals surface area (Å²) in [5, 5.41) is 3.38. The Kier molecular flexibility index (Phi) is 3.96. The molecule has 78 valence electrons. The smallest absolute Gasteiger partial charge is 0.0484 e. The van der Waals surface area contributed by atoms with Gasteiger partial charge >= 0.3 is 0 Å². The van der Waals surface area contributed by atoms with Crippen molar-refractivity contribution in [3.8, 4) is 0 Å². The standard InChI is InChI=1S/C11H17BrN2/c1-11(2,7-13)8-14-10-6-4-3-5-9(10)12/h3-6,14H,7-8,13H2,1-2H3. The summed E-state index contributed by atoms with van der Waals surface area (Å²) in [5.41, 5.74) is 6.91. The van der Waals surface area contributed by atoms with Gasteiger partial charge in [0.2, 0.25) is 0 Å². The highest BCUT2D eigenvalue weighted by Crippen LogP contribution is 2.23. The first kappa shape index (κ1) is 11.5. The number of rotatable bonds is 4. The van der Waals surface area contributed by atoms with Crippen LogP contribution in [-0.4, -0.2) is 13.1 Å². The van der Waals surface area contributed by atoms with Gasteiger partial charge < -0.3 is 11.1 Å². The molecule has 3 N–H and O–H groups in total. The van der Waals surface area contributed by atoms with E-state index >= 15 is 0 Å². The summed E-state index contributed by atoms with van der Waals surface area (Å²) in [4.78, 5) is 0. The average Bonchev–Trinajstić information content (AvgIpc) is 2.17. The van der Waals surface area contributed by atoms with Gasteiger partial charge in [0.25, 0.3) is 0 Å². The van der Waals surface area contributed by atoms with E-state index in [9.17, 15) is 0 Å². The highest BCUT2D eigenvalue weighted by Gasteiger charge is 2.15. The van der Waals surface area contributed by atoms with Crippen molar-refractivity contribution < 1.29 is 0 Å². The van der Waals surface area contributed by atoms with Crippen molar-refractivity contribution in [1.29, 1.82) is 0 Å². The second-order valence-corrected chi connectivity index (χ2v) is 5.06. The van der Waals surface area contributed by atoms with E-state index in [2.05, 4.69) is 41.2 Å². The second-order valence-electron chi connectivity index (χ2n) is 4.20. The monoisotopic (exact) mass is 256 g/mol. The fourth-order valence-electron chi connectivity index (χ4n) is 1.01. The maximum Gasteiger partial charge on any atom is 0.0484 e. The summed E-state index contributed by atoms with van der Waals surface area (Å²) in [7, 11) is 0. The Hall–Kier alpha value is -0.540. The molecule has 1 aromatic rings. The van der Waals surface area contributed by atoms with Crippen LogP contribution in [0.15, 0.2) is 28.7 Å². The molecule has 3 heteroatoms. The van der Waals surface area contributed by atoms with Crippen molar-refractivity contribution >= 4 is 21.6 Å². The lowest BCUT2D eigenvalue weighted by Gasteiger charge is -2.23. The topological polar surface area (TPSA) is 38.0 Å². The summed E-state index contributed by atoms with van der Waals surface area (Å²) in [6.07, 6.45) is 0.